The number of nitrogens with two attached hydrogens (primary N) is 1. The van der Waals surface area contributed by atoms with E-state index in [0.717, 1.165) is 6.54 Å². The highest BCUT2D eigenvalue weighted by molar-refractivity contribution is 7.80. The highest BCUT2D eigenvalue weighted by Gasteiger charge is 2.12. The van der Waals surface area contributed by atoms with E-state index in [1.165, 1.54) is 7.11 Å². The average Bonchev–Trinajstić information content (AvgIpc) is 2.13. The van der Waals surface area contributed by atoms with Crippen molar-refractivity contribution in [3.63, 3.8) is 0 Å². The van der Waals surface area contributed by atoms with Crippen LogP contribution in [0.25, 0.3) is 0 Å². The average molecular weight is 232 g/mol. The first-order valence-corrected chi connectivity index (χ1v) is 5.44. The van der Waals surface area contributed by atoms with Gasteiger partial charge in [0, 0.05) is 19.5 Å². The standard InChI is InChI=1S/C10H20N2O2S/c1-8(2)6-12(5-4-9(11)15)7-10(13)14-3/h8H,4-7H2,1-3H3,(H2,11,15). The molecule has 0 saturated heterocycles. The molecule has 88 valence electrons. The molecule has 15 heavy (non-hydrogen) atoms. The molecule has 0 radical (unpaired) electrons. The van der Waals surface area contributed by atoms with Gasteiger partial charge in [-0.3, -0.25) is 9.69 Å². The van der Waals surface area contributed by atoms with Crippen LogP contribution >= 0.6 is 12.2 Å². The molecule has 0 aliphatic rings. The van der Waals surface area contributed by atoms with E-state index in [0.29, 0.717) is 30.4 Å². The lowest BCUT2D eigenvalue weighted by Crippen LogP contribution is -2.35. The van der Waals surface area contributed by atoms with Crippen molar-refractivity contribution in [2.45, 2.75) is 20.3 Å². The highest BCUT2D eigenvalue weighted by atomic mass is 32.1. The Bertz CT molecular complexity index is 219. The number of ether oxygens (including phenoxy) is 1. The summed E-state index contributed by atoms with van der Waals surface area (Å²) in [5.41, 5.74) is 5.42. The zero-order chi connectivity index (χ0) is 11.8. The quantitative estimate of drug-likeness (QED) is 0.519. The van der Waals surface area contributed by atoms with E-state index >= 15 is 0 Å². The highest BCUT2D eigenvalue weighted by Crippen LogP contribution is 2.00. The largest absolute Gasteiger partial charge is 0.468 e. The molecule has 0 rings (SSSR count). The Labute approximate surface area is 96.8 Å². The monoisotopic (exact) mass is 232 g/mol. The first-order chi connectivity index (χ1) is 6.95. The maximum atomic E-state index is 11.1. The Balaban J connectivity index is 4.05. The summed E-state index contributed by atoms with van der Waals surface area (Å²) in [5, 5.41) is 0. The number of methoxy groups -OCH3 is 1. The van der Waals surface area contributed by atoms with Crippen LogP contribution < -0.4 is 5.73 Å². The summed E-state index contributed by atoms with van der Waals surface area (Å²) in [5.74, 6) is 0.277. The minimum absolute atomic E-state index is 0.224. The molecular formula is C10H20N2O2S. The third-order valence-corrected chi connectivity index (χ3v) is 2.08. The van der Waals surface area contributed by atoms with Crippen LogP contribution in [0.4, 0.5) is 0 Å². The van der Waals surface area contributed by atoms with Crippen molar-refractivity contribution in [2.75, 3.05) is 26.7 Å². The van der Waals surface area contributed by atoms with Gasteiger partial charge in [-0.2, -0.15) is 0 Å². The molecule has 0 aliphatic carbocycles. The number of esters is 1. The predicted molar refractivity (Wildman–Crippen MR) is 64.7 cm³/mol. The van der Waals surface area contributed by atoms with Gasteiger partial charge >= 0.3 is 5.97 Å². The summed E-state index contributed by atoms with van der Waals surface area (Å²) in [6.07, 6.45) is 0.638. The van der Waals surface area contributed by atoms with Gasteiger partial charge in [-0.25, -0.2) is 0 Å². The van der Waals surface area contributed by atoms with Crippen LogP contribution in [0.2, 0.25) is 0 Å². The molecule has 0 aliphatic heterocycles. The zero-order valence-corrected chi connectivity index (χ0v) is 10.5. The Morgan fingerprint density at radius 2 is 2.13 bits per heavy atom. The molecule has 0 unspecified atom stereocenters. The van der Waals surface area contributed by atoms with Crippen molar-refractivity contribution in [1.29, 1.82) is 0 Å². The molecule has 0 aromatic heterocycles. The van der Waals surface area contributed by atoms with Crippen LogP contribution in [0.1, 0.15) is 20.3 Å². The van der Waals surface area contributed by atoms with Crippen LogP contribution in [0, 0.1) is 5.92 Å². The summed E-state index contributed by atoms with van der Waals surface area (Å²) in [4.78, 5) is 13.6. The van der Waals surface area contributed by atoms with Crippen molar-refractivity contribution in [3.05, 3.63) is 0 Å². The van der Waals surface area contributed by atoms with Gasteiger partial charge in [0.05, 0.1) is 18.6 Å². The number of carbonyl (C=O) groups is 1. The normalized spacial score (nSPS) is 10.7. The minimum atomic E-state index is -0.224. The summed E-state index contributed by atoms with van der Waals surface area (Å²) in [6.45, 7) is 6.06. The lowest BCUT2D eigenvalue weighted by Gasteiger charge is -2.22. The van der Waals surface area contributed by atoms with Crippen LogP contribution in [-0.2, 0) is 9.53 Å². The van der Waals surface area contributed by atoms with Gasteiger partial charge in [0.15, 0.2) is 0 Å². The third kappa shape index (κ3) is 8.32. The smallest absolute Gasteiger partial charge is 0.319 e. The van der Waals surface area contributed by atoms with Gasteiger partial charge in [0.2, 0.25) is 0 Å². The van der Waals surface area contributed by atoms with Crippen molar-refractivity contribution in [1.82, 2.24) is 4.90 Å². The maximum Gasteiger partial charge on any atom is 0.319 e. The van der Waals surface area contributed by atoms with Crippen molar-refractivity contribution >= 4 is 23.2 Å². The molecule has 4 nitrogen and oxygen atoms in total. The fourth-order valence-electron chi connectivity index (χ4n) is 1.27. The maximum absolute atomic E-state index is 11.1. The first-order valence-electron chi connectivity index (χ1n) is 5.03. The van der Waals surface area contributed by atoms with Crippen molar-refractivity contribution < 1.29 is 9.53 Å². The summed E-state index contributed by atoms with van der Waals surface area (Å²) in [6, 6.07) is 0. The van der Waals surface area contributed by atoms with Gasteiger partial charge in [-0.15, -0.1) is 0 Å². The van der Waals surface area contributed by atoms with Gasteiger partial charge in [0.1, 0.15) is 0 Å². The van der Waals surface area contributed by atoms with Gasteiger partial charge in [0.25, 0.3) is 0 Å². The SMILES string of the molecule is COC(=O)CN(CCC(N)=S)CC(C)C. The second kappa shape index (κ2) is 7.59. The Kier molecular flexibility index (Phi) is 7.25. The van der Waals surface area contributed by atoms with Crippen molar-refractivity contribution in [2.24, 2.45) is 11.7 Å². The molecule has 0 fully saturated rings. The molecule has 0 aromatic carbocycles. The Morgan fingerprint density at radius 3 is 2.53 bits per heavy atom. The molecule has 2 N–H and O–H groups in total. The minimum Gasteiger partial charge on any atom is -0.468 e. The van der Waals surface area contributed by atoms with Gasteiger partial charge in [-0.05, 0) is 5.92 Å². The molecule has 0 aromatic rings. The number of rotatable bonds is 7. The second-order valence-electron chi connectivity index (χ2n) is 3.92. The van der Waals surface area contributed by atoms with E-state index in [1.807, 2.05) is 4.90 Å². The lowest BCUT2D eigenvalue weighted by atomic mass is 10.2. The number of nitrogens with zero attached hydrogens (tertiary/aromatic N) is 1. The number of carbonyl (C=O) groups excluding carboxylic acids is 1. The van der Waals surface area contributed by atoms with Crippen LogP contribution in [0.3, 0.4) is 0 Å². The number of thiocarbonyl (C=S) groups is 1. The molecule has 0 spiro atoms. The Hall–Kier alpha value is -0.680. The van der Waals surface area contributed by atoms with Crippen molar-refractivity contribution in [3.8, 4) is 0 Å². The molecular weight excluding hydrogens is 212 g/mol. The third-order valence-electron chi connectivity index (χ3n) is 1.88. The van der Waals surface area contributed by atoms with E-state index in [4.69, 9.17) is 18.0 Å². The summed E-state index contributed by atoms with van der Waals surface area (Å²) < 4.78 is 4.62. The molecule has 5 heteroatoms. The van der Waals surface area contributed by atoms with E-state index in [2.05, 4.69) is 18.6 Å². The van der Waals surface area contributed by atoms with E-state index in [1.54, 1.807) is 0 Å². The fourth-order valence-corrected chi connectivity index (χ4v) is 1.36. The molecule has 0 amide bonds. The van der Waals surface area contributed by atoms with E-state index < -0.39 is 0 Å². The van der Waals surface area contributed by atoms with Crippen LogP contribution in [-0.4, -0.2) is 42.6 Å². The summed E-state index contributed by atoms with van der Waals surface area (Å²) >= 11 is 4.80. The zero-order valence-electron chi connectivity index (χ0n) is 9.66. The lowest BCUT2D eigenvalue weighted by molar-refractivity contribution is -0.142. The van der Waals surface area contributed by atoms with E-state index in [9.17, 15) is 4.79 Å². The molecule has 0 heterocycles. The molecule has 0 saturated carbocycles. The van der Waals surface area contributed by atoms with E-state index in [-0.39, 0.29) is 5.97 Å². The molecule has 0 atom stereocenters. The van der Waals surface area contributed by atoms with Crippen LogP contribution in [0.15, 0.2) is 0 Å². The fraction of sp³-hybridized carbons (Fsp3) is 0.800. The molecule has 0 bridgehead atoms. The second-order valence-corrected chi connectivity index (χ2v) is 4.45. The number of hydrogen-bond donors (Lipinski definition) is 1. The van der Waals surface area contributed by atoms with Crippen LogP contribution in [0.5, 0.6) is 0 Å². The Morgan fingerprint density at radius 1 is 1.53 bits per heavy atom. The van der Waals surface area contributed by atoms with Gasteiger partial charge < -0.3 is 10.5 Å². The summed E-state index contributed by atoms with van der Waals surface area (Å²) in [7, 11) is 1.39. The first kappa shape index (κ1) is 14.3. The van der Waals surface area contributed by atoms with Gasteiger partial charge in [-0.1, -0.05) is 26.1 Å². The number of hydrogen-bond acceptors (Lipinski definition) is 4. The topological polar surface area (TPSA) is 55.6 Å². The predicted octanol–water partition coefficient (Wildman–Crippen LogP) is 0.794.